The Kier molecular flexibility index (Phi) is 7.23. The van der Waals surface area contributed by atoms with Crippen molar-refractivity contribution in [2.75, 3.05) is 6.61 Å². The Morgan fingerprint density at radius 1 is 1.34 bits per heavy atom. The fourth-order valence-corrected chi connectivity index (χ4v) is 2.95. The van der Waals surface area contributed by atoms with Crippen LogP contribution in [0, 0.1) is 5.92 Å². The second-order valence-electron chi connectivity index (χ2n) is 6.65. The molecule has 2 heterocycles. The minimum absolute atomic E-state index is 0.219. The number of carbonyl (C=O) groups excluding carboxylic acids is 3. The molecule has 1 aliphatic rings. The number of aliphatic carboxylic acids is 1. The molecular weight excluding hydrogens is 388 g/mol. The van der Waals surface area contributed by atoms with Crippen molar-refractivity contribution in [1.82, 2.24) is 0 Å². The molecule has 1 unspecified atom stereocenters. The Morgan fingerprint density at radius 3 is 2.62 bits per heavy atom. The van der Waals surface area contributed by atoms with Crippen LogP contribution in [0.15, 0.2) is 24.5 Å². The van der Waals surface area contributed by atoms with Crippen LogP contribution in [-0.2, 0) is 28.6 Å². The number of amides is 1. The number of pyridine rings is 1. The Bertz CT molecular complexity index is 797. The molecule has 1 amide bonds. The molecule has 5 atom stereocenters. The highest BCUT2D eigenvalue weighted by atomic mass is 16.6. The molecule has 0 spiro atoms. The van der Waals surface area contributed by atoms with Gasteiger partial charge < -0.3 is 30.2 Å². The van der Waals surface area contributed by atoms with Crippen molar-refractivity contribution in [2.24, 2.45) is 11.7 Å². The number of carboxylic acids is 1. The van der Waals surface area contributed by atoms with Gasteiger partial charge in [0, 0.05) is 18.9 Å². The number of nitrogens with zero attached hydrogens (tertiary/aromatic N) is 1. The largest absolute Gasteiger partial charge is 0.481 e. The number of carboxylic acid groups (broad SMARTS) is 1. The van der Waals surface area contributed by atoms with Crippen molar-refractivity contribution in [3.63, 3.8) is 0 Å². The van der Waals surface area contributed by atoms with Crippen LogP contribution in [0.4, 0.5) is 0 Å². The summed E-state index contributed by atoms with van der Waals surface area (Å²) in [5.41, 5.74) is 5.51. The van der Waals surface area contributed by atoms with Gasteiger partial charge in [-0.15, -0.1) is 0 Å². The quantitative estimate of drug-likeness (QED) is 0.356. The maximum atomic E-state index is 11.7. The van der Waals surface area contributed by atoms with Gasteiger partial charge in [0.15, 0.2) is 24.6 Å². The van der Waals surface area contributed by atoms with Gasteiger partial charge in [-0.25, -0.2) is 4.79 Å². The lowest BCUT2D eigenvalue weighted by molar-refractivity contribution is -0.765. The van der Waals surface area contributed by atoms with Crippen LogP contribution in [0.3, 0.4) is 0 Å². The molecule has 11 nitrogen and oxygen atoms in total. The number of ether oxygens (including phenoxy) is 3. The van der Waals surface area contributed by atoms with Crippen molar-refractivity contribution < 1.29 is 48.2 Å². The third-order valence-electron chi connectivity index (χ3n) is 4.43. The maximum Gasteiger partial charge on any atom is 0.335 e. The van der Waals surface area contributed by atoms with E-state index in [1.165, 1.54) is 23.8 Å². The summed E-state index contributed by atoms with van der Waals surface area (Å²) in [7, 11) is 0. The van der Waals surface area contributed by atoms with Crippen LogP contribution in [0.25, 0.3) is 0 Å². The van der Waals surface area contributed by atoms with E-state index >= 15 is 0 Å². The first kappa shape index (κ1) is 22.2. The predicted molar refractivity (Wildman–Crippen MR) is 93.0 cm³/mol. The fourth-order valence-electron chi connectivity index (χ4n) is 2.95. The number of aliphatic hydroxyl groups excluding tert-OH is 1. The average molecular weight is 411 g/mol. The number of hydrogen-bond acceptors (Lipinski definition) is 8. The van der Waals surface area contributed by atoms with Crippen LogP contribution in [-0.4, -0.2) is 58.9 Å². The third-order valence-corrected chi connectivity index (χ3v) is 4.43. The third kappa shape index (κ3) is 5.72. The first-order valence-corrected chi connectivity index (χ1v) is 8.80. The Hall–Kier alpha value is -3.05. The molecule has 11 heteroatoms. The van der Waals surface area contributed by atoms with Crippen molar-refractivity contribution in [3.05, 3.63) is 30.1 Å². The maximum absolute atomic E-state index is 11.7. The van der Waals surface area contributed by atoms with Crippen LogP contribution in [0.1, 0.15) is 36.9 Å². The number of primary amides is 1. The fraction of sp³-hybridized carbons (Fsp3) is 0.500. The molecule has 158 valence electrons. The van der Waals surface area contributed by atoms with Crippen molar-refractivity contribution in [3.8, 4) is 0 Å². The van der Waals surface area contributed by atoms with Gasteiger partial charge in [0.2, 0.25) is 0 Å². The zero-order valence-electron chi connectivity index (χ0n) is 15.9. The molecule has 0 saturated carbocycles. The van der Waals surface area contributed by atoms with Crippen LogP contribution in [0.2, 0.25) is 0 Å². The van der Waals surface area contributed by atoms with E-state index in [-0.39, 0.29) is 12.2 Å². The van der Waals surface area contributed by atoms with Crippen LogP contribution >= 0.6 is 0 Å². The Labute approximate surface area is 166 Å². The molecule has 1 fully saturated rings. The summed E-state index contributed by atoms with van der Waals surface area (Å²) in [6.45, 7) is 2.67. The summed E-state index contributed by atoms with van der Waals surface area (Å²) in [6, 6.07) is 3.09. The Balaban J connectivity index is 2.15. The lowest BCUT2D eigenvalue weighted by Gasteiger charge is -2.18. The van der Waals surface area contributed by atoms with Gasteiger partial charge in [0.1, 0.15) is 18.3 Å². The van der Waals surface area contributed by atoms with E-state index in [2.05, 4.69) is 0 Å². The summed E-state index contributed by atoms with van der Waals surface area (Å²) in [6.07, 6.45) is -1.82. The number of hydrogen-bond donors (Lipinski definition) is 3. The lowest BCUT2D eigenvalue weighted by atomic mass is 10.0. The molecule has 0 aliphatic carbocycles. The first-order valence-electron chi connectivity index (χ1n) is 8.80. The Morgan fingerprint density at radius 2 is 2.03 bits per heavy atom. The summed E-state index contributed by atoms with van der Waals surface area (Å²) in [4.78, 5) is 45.3. The van der Waals surface area contributed by atoms with Gasteiger partial charge in [0.25, 0.3) is 5.91 Å². The summed E-state index contributed by atoms with van der Waals surface area (Å²) >= 11 is 0. The van der Waals surface area contributed by atoms with Gasteiger partial charge in [-0.1, -0.05) is 6.92 Å². The second kappa shape index (κ2) is 9.43. The van der Waals surface area contributed by atoms with Gasteiger partial charge in [-0.2, -0.15) is 4.57 Å². The zero-order chi connectivity index (χ0) is 21.7. The van der Waals surface area contributed by atoms with Gasteiger partial charge >= 0.3 is 24.1 Å². The van der Waals surface area contributed by atoms with Crippen LogP contribution in [0.5, 0.6) is 0 Å². The van der Waals surface area contributed by atoms with Crippen molar-refractivity contribution >= 4 is 23.8 Å². The van der Waals surface area contributed by atoms with E-state index < -0.39 is 60.7 Å². The number of esters is 2. The summed E-state index contributed by atoms with van der Waals surface area (Å²) in [5, 5.41) is 18.1. The van der Waals surface area contributed by atoms with E-state index in [9.17, 15) is 24.3 Å². The zero-order valence-corrected chi connectivity index (χ0v) is 15.9. The van der Waals surface area contributed by atoms with Crippen molar-refractivity contribution in [1.29, 1.82) is 0 Å². The number of aliphatic hydroxyl groups is 1. The first-order chi connectivity index (χ1) is 13.6. The molecule has 0 bridgehead atoms. The topological polar surface area (TPSA) is 166 Å². The molecule has 0 radical (unpaired) electrons. The molecular formula is C18H23N2O9+. The van der Waals surface area contributed by atoms with Crippen molar-refractivity contribution in [2.45, 2.75) is 44.8 Å². The molecule has 2 rings (SSSR count). The lowest BCUT2D eigenvalue weighted by Crippen LogP contribution is -2.46. The average Bonchev–Trinajstić information content (AvgIpc) is 2.94. The molecule has 29 heavy (non-hydrogen) atoms. The van der Waals surface area contributed by atoms with E-state index in [4.69, 9.17) is 25.1 Å². The SMILES string of the molecule is CC(=O)OC1[C@H]([n+]2cccc(C(N)=O)c2)O[C@H](COC(=O)[C@@H](O)CC(=O)O)[C@H]1C. The molecule has 1 saturated heterocycles. The standard InChI is InChI=1S/C18H22N2O9/c1-9-13(8-27-18(26)12(22)6-14(23)24)29-17(15(9)28-10(2)21)20-5-3-4-11(7-20)16(19)25/h3-5,7,9,12-13,15,17,22H,6,8H2,1-2H3,(H2-,19,23,24,25)/p+1/t9-,12+,13-,15?,17-/m1/s1. The molecule has 4 N–H and O–H groups in total. The highest BCUT2D eigenvalue weighted by Crippen LogP contribution is 2.33. The van der Waals surface area contributed by atoms with Crippen LogP contribution < -0.4 is 10.3 Å². The van der Waals surface area contributed by atoms with E-state index in [0.717, 1.165) is 0 Å². The van der Waals surface area contributed by atoms with Gasteiger partial charge in [-0.05, 0) is 6.07 Å². The number of carbonyl (C=O) groups is 4. The smallest absolute Gasteiger partial charge is 0.335 e. The monoisotopic (exact) mass is 411 g/mol. The minimum atomic E-state index is -1.80. The normalized spacial score (nSPS) is 24.5. The molecule has 1 aromatic rings. The van der Waals surface area contributed by atoms with E-state index in [1.807, 2.05) is 0 Å². The second-order valence-corrected chi connectivity index (χ2v) is 6.65. The molecule has 0 aromatic carbocycles. The predicted octanol–water partition coefficient (Wildman–Crippen LogP) is -1.08. The van der Waals surface area contributed by atoms with Gasteiger partial charge in [0.05, 0.1) is 6.42 Å². The highest BCUT2D eigenvalue weighted by molar-refractivity contribution is 5.92. The minimum Gasteiger partial charge on any atom is -0.481 e. The summed E-state index contributed by atoms with van der Waals surface area (Å²) in [5.74, 6) is -4.05. The van der Waals surface area contributed by atoms with E-state index in [1.54, 1.807) is 19.2 Å². The number of rotatable bonds is 8. The van der Waals surface area contributed by atoms with E-state index in [0.29, 0.717) is 0 Å². The van der Waals surface area contributed by atoms with Gasteiger partial charge in [-0.3, -0.25) is 14.4 Å². The number of nitrogens with two attached hydrogens (primary N) is 1. The summed E-state index contributed by atoms with van der Waals surface area (Å²) < 4.78 is 17.7. The molecule has 1 aliphatic heterocycles. The number of aromatic nitrogens is 1. The highest BCUT2D eigenvalue weighted by Gasteiger charge is 2.50. The molecule has 1 aromatic heterocycles.